The average Bonchev–Trinajstić information content (AvgIpc) is 2.88. The van der Waals surface area contributed by atoms with Gasteiger partial charge in [0.15, 0.2) is 0 Å². The van der Waals surface area contributed by atoms with Crippen molar-refractivity contribution < 1.29 is 9.53 Å². The summed E-state index contributed by atoms with van der Waals surface area (Å²) in [6.45, 7) is 5.90. The normalized spacial score (nSPS) is 11.2. The van der Waals surface area contributed by atoms with Crippen LogP contribution in [0.3, 0.4) is 0 Å². The minimum Gasteiger partial charge on any atom is -0.450 e. The summed E-state index contributed by atoms with van der Waals surface area (Å²) in [5, 5.41) is 2.91. The van der Waals surface area contributed by atoms with E-state index in [0.29, 0.717) is 6.61 Å². The van der Waals surface area contributed by atoms with Gasteiger partial charge in [-0.25, -0.2) is 4.79 Å². The zero-order chi connectivity index (χ0) is 26.2. The van der Waals surface area contributed by atoms with Crippen LogP contribution < -0.4 is 5.32 Å². The van der Waals surface area contributed by atoms with E-state index in [-0.39, 0.29) is 6.09 Å². The smallest absolute Gasteiger partial charge is 0.407 e. The van der Waals surface area contributed by atoms with Crippen molar-refractivity contribution >= 4 is 6.09 Å². The van der Waals surface area contributed by atoms with Crippen molar-refractivity contribution in [2.75, 3.05) is 13.2 Å². The largest absolute Gasteiger partial charge is 0.450 e. The van der Waals surface area contributed by atoms with Gasteiger partial charge in [0.25, 0.3) is 0 Å². The molecule has 36 heavy (non-hydrogen) atoms. The number of amides is 1. The molecule has 1 amide bonds. The Bertz CT molecular complexity index is 412. The number of hydrogen-bond donors (Lipinski definition) is 1. The molecule has 0 aromatic heterocycles. The maximum atomic E-state index is 11.8. The third-order valence-corrected chi connectivity index (χ3v) is 7.53. The highest BCUT2D eigenvalue weighted by molar-refractivity contribution is 5.66. The number of alkyl carbamates (subject to hydrolysis) is 1. The lowest BCUT2D eigenvalue weighted by Gasteiger charge is -2.07. The van der Waals surface area contributed by atoms with Crippen LogP contribution in [0.4, 0.5) is 4.79 Å². The molecule has 0 heterocycles. The number of unbranched alkanes of at least 4 members (excludes halogenated alkanes) is 26. The highest BCUT2D eigenvalue weighted by atomic mass is 16.5. The second-order valence-corrected chi connectivity index (χ2v) is 11.3. The van der Waals surface area contributed by atoms with Gasteiger partial charge in [0.1, 0.15) is 0 Å². The lowest BCUT2D eigenvalue weighted by Crippen LogP contribution is -2.25. The molecule has 0 rings (SSSR count). The fraction of sp³-hybridized carbons (Fsp3) is 0.970. The molecular formula is C33H67NO2. The molecule has 3 nitrogen and oxygen atoms in total. The van der Waals surface area contributed by atoms with Crippen molar-refractivity contribution in [1.29, 1.82) is 0 Å². The molecular weight excluding hydrogens is 442 g/mol. The third-order valence-electron chi connectivity index (χ3n) is 7.53. The predicted molar refractivity (Wildman–Crippen MR) is 160 cm³/mol. The average molecular weight is 510 g/mol. The molecule has 3 heteroatoms. The predicted octanol–water partition coefficient (Wildman–Crippen LogP) is 11.7. The quantitative estimate of drug-likeness (QED) is 0.0977. The molecule has 0 aliphatic carbocycles. The van der Waals surface area contributed by atoms with Gasteiger partial charge >= 0.3 is 6.09 Å². The van der Waals surface area contributed by atoms with Gasteiger partial charge in [-0.1, -0.05) is 181 Å². The molecule has 0 fully saturated rings. The summed E-state index contributed by atoms with van der Waals surface area (Å²) in [5.41, 5.74) is 0. The second-order valence-electron chi connectivity index (χ2n) is 11.3. The standard InChI is InChI=1S/C33H67NO2/c1-3-5-7-9-11-13-15-17-18-19-20-21-23-25-27-29-31-34-33(35)36-32-30-28-26-24-22-16-14-12-10-8-6-4-2/h3-32H2,1-2H3,(H,34,35). The fourth-order valence-electron chi connectivity index (χ4n) is 5.02. The molecule has 0 saturated carbocycles. The van der Waals surface area contributed by atoms with Gasteiger partial charge < -0.3 is 10.1 Å². The molecule has 0 unspecified atom stereocenters. The van der Waals surface area contributed by atoms with Crippen LogP contribution in [0, 0.1) is 0 Å². The van der Waals surface area contributed by atoms with E-state index >= 15 is 0 Å². The molecule has 0 spiro atoms. The fourth-order valence-corrected chi connectivity index (χ4v) is 5.02. The summed E-state index contributed by atoms with van der Waals surface area (Å²) in [6.07, 6.45) is 37.8. The maximum Gasteiger partial charge on any atom is 0.407 e. The third kappa shape index (κ3) is 31.3. The first-order chi connectivity index (χ1) is 17.8. The number of carbonyl (C=O) groups is 1. The maximum absolute atomic E-state index is 11.8. The van der Waals surface area contributed by atoms with E-state index in [1.807, 2.05) is 0 Å². The number of rotatable bonds is 30. The summed E-state index contributed by atoms with van der Waals surface area (Å²) in [6, 6.07) is 0. The highest BCUT2D eigenvalue weighted by Gasteiger charge is 2.01. The summed E-state index contributed by atoms with van der Waals surface area (Å²) in [4.78, 5) is 11.8. The Balaban J connectivity index is 3.13. The SMILES string of the molecule is CCCCCCCCCCCCCCCCCCNC(=O)OCCCCCCCCCCCCCC. The first-order valence-electron chi connectivity index (χ1n) is 16.7. The first kappa shape index (κ1) is 35.3. The Morgan fingerprint density at radius 1 is 0.417 bits per heavy atom. The molecule has 0 aliphatic heterocycles. The van der Waals surface area contributed by atoms with Gasteiger partial charge in [-0.05, 0) is 12.8 Å². The molecule has 0 bridgehead atoms. The Hall–Kier alpha value is -0.730. The van der Waals surface area contributed by atoms with Crippen LogP contribution in [-0.4, -0.2) is 19.2 Å². The molecule has 0 atom stereocenters. The van der Waals surface area contributed by atoms with Gasteiger partial charge in [0.2, 0.25) is 0 Å². The van der Waals surface area contributed by atoms with E-state index in [1.165, 1.54) is 167 Å². The minimum atomic E-state index is -0.223. The van der Waals surface area contributed by atoms with Crippen LogP contribution in [0.15, 0.2) is 0 Å². The summed E-state index contributed by atoms with van der Waals surface area (Å²) >= 11 is 0. The van der Waals surface area contributed by atoms with Crippen molar-refractivity contribution in [2.45, 2.75) is 194 Å². The Morgan fingerprint density at radius 2 is 0.694 bits per heavy atom. The molecule has 0 radical (unpaired) electrons. The number of hydrogen-bond acceptors (Lipinski definition) is 2. The first-order valence-corrected chi connectivity index (χ1v) is 16.7. The molecule has 0 aromatic carbocycles. The van der Waals surface area contributed by atoms with Crippen LogP contribution in [0.1, 0.15) is 194 Å². The number of ether oxygens (including phenoxy) is 1. The van der Waals surface area contributed by atoms with E-state index in [4.69, 9.17) is 4.74 Å². The zero-order valence-electron chi connectivity index (χ0n) is 25.0. The molecule has 1 N–H and O–H groups in total. The van der Waals surface area contributed by atoms with Gasteiger partial charge in [-0.2, -0.15) is 0 Å². The van der Waals surface area contributed by atoms with E-state index in [1.54, 1.807) is 0 Å². The lowest BCUT2D eigenvalue weighted by molar-refractivity contribution is 0.143. The second kappa shape index (κ2) is 32.3. The summed E-state index contributed by atoms with van der Waals surface area (Å²) < 4.78 is 5.31. The molecule has 0 saturated heterocycles. The molecule has 0 aliphatic rings. The van der Waals surface area contributed by atoms with Crippen LogP contribution in [0.25, 0.3) is 0 Å². The van der Waals surface area contributed by atoms with Crippen molar-refractivity contribution in [3.8, 4) is 0 Å². The van der Waals surface area contributed by atoms with E-state index in [0.717, 1.165) is 19.4 Å². The van der Waals surface area contributed by atoms with Gasteiger partial charge in [0, 0.05) is 6.54 Å². The summed E-state index contributed by atoms with van der Waals surface area (Å²) in [7, 11) is 0. The van der Waals surface area contributed by atoms with Crippen molar-refractivity contribution in [2.24, 2.45) is 0 Å². The van der Waals surface area contributed by atoms with Crippen LogP contribution in [0.2, 0.25) is 0 Å². The highest BCUT2D eigenvalue weighted by Crippen LogP contribution is 2.14. The Morgan fingerprint density at radius 3 is 1.03 bits per heavy atom. The van der Waals surface area contributed by atoms with Crippen molar-refractivity contribution in [3.05, 3.63) is 0 Å². The van der Waals surface area contributed by atoms with Crippen LogP contribution >= 0.6 is 0 Å². The van der Waals surface area contributed by atoms with Gasteiger partial charge in [-0.15, -0.1) is 0 Å². The Kier molecular flexibility index (Phi) is 31.6. The molecule has 216 valence electrons. The van der Waals surface area contributed by atoms with Crippen molar-refractivity contribution in [3.63, 3.8) is 0 Å². The Labute approximate surface area is 227 Å². The van der Waals surface area contributed by atoms with Gasteiger partial charge in [0.05, 0.1) is 6.61 Å². The van der Waals surface area contributed by atoms with E-state index in [2.05, 4.69) is 19.2 Å². The lowest BCUT2D eigenvalue weighted by atomic mass is 10.0. The summed E-state index contributed by atoms with van der Waals surface area (Å²) in [5.74, 6) is 0. The van der Waals surface area contributed by atoms with Crippen LogP contribution in [-0.2, 0) is 4.74 Å². The minimum absolute atomic E-state index is 0.223. The van der Waals surface area contributed by atoms with Crippen molar-refractivity contribution in [1.82, 2.24) is 5.32 Å². The van der Waals surface area contributed by atoms with E-state index in [9.17, 15) is 4.79 Å². The van der Waals surface area contributed by atoms with E-state index < -0.39 is 0 Å². The van der Waals surface area contributed by atoms with Gasteiger partial charge in [-0.3, -0.25) is 0 Å². The zero-order valence-corrected chi connectivity index (χ0v) is 25.0. The number of carbonyl (C=O) groups excluding carboxylic acids is 1. The monoisotopic (exact) mass is 510 g/mol. The molecule has 0 aromatic rings. The topological polar surface area (TPSA) is 38.3 Å². The van der Waals surface area contributed by atoms with Crippen LogP contribution in [0.5, 0.6) is 0 Å². The number of nitrogens with one attached hydrogen (secondary N) is 1.